The monoisotopic (exact) mass is 474 g/mol. The molecule has 0 saturated carbocycles. The molecule has 1 rings (SSSR count). The van der Waals surface area contributed by atoms with Gasteiger partial charge in [-0.15, -0.1) is 11.3 Å². The number of rotatable bonds is 6. The van der Waals surface area contributed by atoms with Gasteiger partial charge in [0.1, 0.15) is 0 Å². The second-order valence-electron chi connectivity index (χ2n) is 5.48. The first kappa shape index (κ1) is 25.2. The molecule has 1 aromatic rings. The van der Waals surface area contributed by atoms with Crippen molar-refractivity contribution < 1.29 is 61.9 Å². The van der Waals surface area contributed by atoms with Crippen LogP contribution in [0.5, 0.6) is 0 Å². The molecule has 1 heterocycles. The second-order valence-corrected chi connectivity index (χ2v) is 6.69. The molecule has 0 aromatic carbocycles. The molecule has 0 fully saturated rings. The minimum atomic E-state index is -8.06. The third-order valence-electron chi connectivity index (χ3n) is 3.47. The first-order chi connectivity index (χ1) is 12.6. The van der Waals surface area contributed by atoms with Crippen LogP contribution in [0, 0.1) is 13.8 Å². The number of alkyl halides is 13. The maximum atomic E-state index is 13.6. The number of hydrogen-bond donors (Lipinski definition) is 1. The zero-order valence-electron chi connectivity index (χ0n) is 13.7. The Morgan fingerprint density at radius 1 is 0.759 bits per heavy atom. The normalized spacial score (nSPS) is 14.9. The van der Waals surface area contributed by atoms with E-state index in [9.17, 15) is 61.9 Å². The van der Waals surface area contributed by atoms with Crippen molar-refractivity contribution in [2.45, 2.75) is 49.6 Å². The molecule has 1 N–H and O–H groups in total. The minimum absolute atomic E-state index is 0.0575. The number of aromatic nitrogens is 1. The average molecular weight is 474 g/mol. The van der Waals surface area contributed by atoms with Gasteiger partial charge >= 0.3 is 41.7 Å². The number of halogens is 13. The molecule has 0 unspecified atom stereocenters. The number of amides is 1. The molecule has 0 atom stereocenters. The molecule has 1 amide bonds. The van der Waals surface area contributed by atoms with Gasteiger partial charge in [0.2, 0.25) is 0 Å². The summed E-state index contributed by atoms with van der Waals surface area (Å²) < 4.78 is 168. The van der Waals surface area contributed by atoms with Crippen LogP contribution in [0.25, 0.3) is 0 Å². The van der Waals surface area contributed by atoms with Crippen molar-refractivity contribution in [2.24, 2.45) is 0 Å². The molecule has 1 aromatic heterocycles. The fourth-order valence-corrected chi connectivity index (χ4v) is 2.42. The molecule has 0 aliphatic heterocycles. The lowest BCUT2D eigenvalue weighted by atomic mass is 9.93. The quantitative estimate of drug-likeness (QED) is 0.559. The minimum Gasteiger partial charge on any atom is -0.296 e. The summed E-state index contributed by atoms with van der Waals surface area (Å²) in [5.41, 5.74) is 0.0575. The number of carbonyl (C=O) groups is 1. The summed E-state index contributed by atoms with van der Waals surface area (Å²) in [6.45, 7) is 2.53. The number of nitrogens with one attached hydrogen (secondary N) is 1. The maximum absolute atomic E-state index is 13.6. The van der Waals surface area contributed by atoms with E-state index >= 15 is 0 Å². The summed E-state index contributed by atoms with van der Waals surface area (Å²) in [4.78, 5) is 14.8. The van der Waals surface area contributed by atoms with Gasteiger partial charge < -0.3 is 0 Å². The molecule has 0 saturated heterocycles. The van der Waals surface area contributed by atoms with Crippen LogP contribution < -0.4 is 5.32 Å². The Morgan fingerprint density at radius 2 is 1.17 bits per heavy atom. The first-order valence-electron chi connectivity index (χ1n) is 6.77. The molecule has 168 valence electrons. The van der Waals surface area contributed by atoms with E-state index < -0.39 is 46.8 Å². The van der Waals surface area contributed by atoms with Gasteiger partial charge in [-0.05, 0) is 13.8 Å². The molecule has 29 heavy (non-hydrogen) atoms. The van der Waals surface area contributed by atoms with Crippen LogP contribution in [0.1, 0.15) is 10.6 Å². The van der Waals surface area contributed by atoms with Gasteiger partial charge in [-0.3, -0.25) is 10.1 Å². The van der Waals surface area contributed by atoms with Crippen molar-refractivity contribution in [1.82, 2.24) is 4.98 Å². The van der Waals surface area contributed by atoms with Crippen molar-refractivity contribution in [3.8, 4) is 0 Å². The Bertz CT molecular complexity index is 764. The SMILES string of the molecule is Cc1nc(NC(=O)C(F)(F)C(F)(F)C(F)(F)C(F)(F)C(F)(F)C(F)(F)F)sc1C. The number of thiazole rings is 1. The molecule has 0 radical (unpaired) electrons. The summed E-state index contributed by atoms with van der Waals surface area (Å²) in [7, 11) is 0. The van der Waals surface area contributed by atoms with E-state index in [0.717, 1.165) is 5.32 Å². The molecule has 0 spiro atoms. The lowest BCUT2D eigenvalue weighted by Gasteiger charge is -2.39. The number of hydrogen-bond acceptors (Lipinski definition) is 3. The van der Waals surface area contributed by atoms with Crippen molar-refractivity contribution in [3.05, 3.63) is 10.6 Å². The third-order valence-corrected chi connectivity index (χ3v) is 4.46. The molecule has 0 aliphatic carbocycles. The van der Waals surface area contributed by atoms with Crippen LogP contribution in [0.4, 0.5) is 62.2 Å². The predicted molar refractivity (Wildman–Crippen MR) is 71.0 cm³/mol. The van der Waals surface area contributed by atoms with Gasteiger partial charge in [0.15, 0.2) is 5.13 Å². The van der Waals surface area contributed by atoms with E-state index in [4.69, 9.17) is 0 Å². The average Bonchev–Trinajstić information content (AvgIpc) is 2.83. The van der Waals surface area contributed by atoms with Gasteiger partial charge in [-0.1, -0.05) is 0 Å². The number of aryl methyl sites for hydroxylation is 2. The Labute approximate surface area is 155 Å². The van der Waals surface area contributed by atoms with Gasteiger partial charge in [-0.2, -0.15) is 57.1 Å². The smallest absolute Gasteiger partial charge is 0.296 e. The zero-order chi connectivity index (χ0) is 23.4. The summed E-state index contributed by atoms with van der Waals surface area (Å²) >= 11 is 0.364. The zero-order valence-corrected chi connectivity index (χ0v) is 14.5. The van der Waals surface area contributed by atoms with E-state index in [-0.39, 0.29) is 10.6 Å². The van der Waals surface area contributed by atoms with Crippen LogP contribution >= 0.6 is 11.3 Å². The molecule has 17 heteroatoms. The van der Waals surface area contributed by atoms with Gasteiger partial charge in [0, 0.05) is 4.88 Å². The Hall–Kier alpha value is -1.81. The summed E-state index contributed by atoms with van der Waals surface area (Å²) in [5.74, 6) is -41.8. The Morgan fingerprint density at radius 3 is 1.52 bits per heavy atom. The number of anilines is 1. The van der Waals surface area contributed by atoms with Crippen LogP contribution in [0.2, 0.25) is 0 Å². The summed E-state index contributed by atoms with van der Waals surface area (Å²) in [5, 5.41) is 0.0145. The summed E-state index contributed by atoms with van der Waals surface area (Å²) in [6, 6.07) is 0. The maximum Gasteiger partial charge on any atom is 0.460 e. The Kier molecular flexibility index (Phi) is 5.97. The van der Waals surface area contributed by atoms with E-state index in [0.29, 0.717) is 11.3 Å². The molecule has 0 bridgehead atoms. The highest BCUT2D eigenvalue weighted by Crippen LogP contribution is 2.60. The molecular weight excluding hydrogens is 467 g/mol. The fourth-order valence-electron chi connectivity index (χ4n) is 1.61. The van der Waals surface area contributed by atoms with Gasteiger partial charge in [0.25, 0.3) is 0 Å². The van der Waals surface area contributed by atoms with E-state index in [1.165, 1.54) is 13.8 Å². The van der Waals surface area contributed by atoms with Crippen molar-refractivity contribution >= 4 is 22.4 Å². The van der Waals surface area contributed by atoms with Crippen molar-refractivity contribution in [2.75, 3.05) is 5.32 Å². The number of carbonyl (C=O) groups excluding carboxylic acids is 1. The first-order valence-corrected chi connectivity index (χ1v) is 7.58. The molecule has 0 aliphatic rings. The van der Waals surface area contributed by atoms with Crippen molar-refractivity contribution in [1.29, 1.82) is 0 Å². The van der Waals surface area contributed by atoms with E-state index in [2.05, 4.69) is 4.98 Å². The standard InChI is InChI=1S/C12H7F13N2OS/c1-3-4(2)29-6(26-3)27-5(28)7(13,14)8(15,16)9(17,18)10(19,20)11(21,22)12(23,24)25/h1-2H3,(H,26,27,28). The lowest BCUT2D eigenvalue weighted by molar-refractivity contribution is -0.435. The fraction of sp³-hybridized carbons (Fsp3) is 0.667. The largest absolute Gasteiger partial charge is 0.460 e. The molecule has 3 nitrogen and oxygen atoms in total. The highest BCUT2D eigenvalue weighted by molar-refractivity contribution is 7.15. The predicted octanol–water partition coefficient (Wildman–Crippen LogP) is 5.44. The Balaban J connectivity index is 3.39. The van der Waals surface area contributed by atoms with Crippen LogP contribution in [0.15, 0.2) is 0 Å². The van der Waals surface area contributed by atoms with E-state index in [1.807, 2.05) is 0 Å². The lowest BCUT2D eigenvalue weighted by Crippen LogP contribution is -2.71. The topological polar surface area (TPSA) is 42.0 Å². The third kappa shape index (κ3) is 3.61. The van der Waals surface area contributed by atoms with Crippen molar-refractivity contribution in [3.63, 3.8) is 0 Å². The second kappa shape index (κ2) is 6.87. The van der Waals surface area contributed by atoms with Gasteiger partial charge in [-0.25, -0.2) is 4.98 Å². The van der Waals surface area contributed by atoms with E-state index in [1.54, 1.807) is 0 Å². The van der Waals surface area contributed by atoms with Gasteiger partial charge in [0.05, 0.1) is 5.69 Å². The van der Waals surface area contributed by atoms with Crippen LogP contribution in [0.3, 0.4) is 0 Å². The highest BCUT2D eigenvalue weighted by atomic mass is 32.1. The number of nitrogens with zero attached hydrogens (tertiary/aromatic N) is 1. The molecular formula is C12H7F13N2OS. The summed E-state index contributed by atoms with van der Waals surface area (Å²) in [6.07, 6.45) is -7.51. The van der Waals surface area contributed by atoms with Crippen LogP contribution in [-0.2, 0) is 4.79 Å². The highest BCUT2D eigenvalue weighted by Gasteiger charge is 2.91. The van der Waals surface area contributed by atoms with Crippen LogP contribution in [-0.4, -0.2) is 46.7 Å².